The van der Waals surface area contributed by atoms with Crippen LogP contribution in [0.15, 0.2) is 152 Å². The second-order valence-corrected chi connectivity index (χ2v) is 13.7. The quantitative estimate of drug-likeness (QED) is 0.129. The minimum Gasteiger partial charge on any atom is -0.327 e. The van der Waals surface area contributed by atoms with E-state index in [-0.39, 0.29) is 0 Å². The van der Waals surface area contributed by atoms with Gasteiger partial charge in [0.25, 0.3) is 0 Å². The Morgan fingerprint density at radius 1 is 0.388 bits per heavy atom. The largest absolute Gasteiger partial charge is 0.327 e. The minimum atomic E-state index is 0.630. The van der Waals surface area contributed by atoms with Crippen LogP contribution in [0, 0.1) is 0 Å². The summed E-state index contributed by atoms with van der Waals surface area (Å²) in [7, 11) is 0. The Morgan fingerprint density at radius 2 is 0.714 bits per heavy atom. The van der Waals surface area contributed by atoms with Crippen LogP contribution in [0.25, 0.3) is 0 Å². The molecule has 0 spiro atoms. The standard InChI is InChI=1S/C44H53N4O/c1-6-16-40(17-7-1)34-45-26-28-46(35-41-18-8-2-9-19-41)30-32-48(37-43-22-12-4-13-23-43,39-49-38-44-24-14-5-15-25-44)33-31-47(29-27-45)36-42-20-10-3-11-21-42/h1-25H,26-39H2/q+1. The molecule has 0 unspecified atom stereocenters. The van der Waals surface area contributed by atoms with Gasteiger partial charge in [-0.05, 0) is 22.3 Å². The molecule has 5 aromatic carbocycles. The first-order valence-corrected chi connectivity index (χ1v) is 18.0. The highest BCUT2D eigenvalue weighted by Crippen LogP contribution is 2.20. The second kappa shape index (κ2) is 18.6. The predicted octanol–water partition coefficient (Wildman–Crippen LogP) is 7.70. The fraction of sp³-hybridized carbons (Fsp3) is 0.318. The summed E-state index contributed by atoms with van der Waals surface area (Å²) < 4.78 is 7.57. The molecule has 5 aromatic rings. The Labute approximate surface area is 294 Å². The molecule has 254 valence electrons. The van der Waals surface area contributed by atoms with Gasteiger partial charge in [-0.15, -0.1) is 0 Å². The summed E-state index contributed by atoms with van der Waals surface area (Å²) in [5, 5.41) is 0. The molecule has 0 aromatic heterocycles. The average molecular weight is 654 g/mol. The third-order valence-electron chi connectivity index (χ3n) is 9.83. The van der Waals surface area contributed by atoms with E-state index in [1.165, 1.54) is 27.8 Å². The van der Waals surface area contributed by atoms with E-state index in [4.69, 9.17) is 4.74 Å². The summed E-state index contributed by atoms with van der Waals surface area (Å²) in [5.74, 6) is 0. The molecule has 5 heteroatoms. The summed E-state index contributed by atoms with van der Waals surface area (Å²) in [5.41, 5.74) is 6.73. The van der Waals surface area contributed by atoms with Crippen LogP contribution in [0.2, 0.25) is 0 Å². The summed E-state index contributed by atoms with van der Waals surface area (Å²) >= 11 is 0. The summed E-state index contributed by atoms with van der Waals surface area (Å²) in [6.07, 6.45) is 0. The van der Waals surface area contributed by atoms with Gasteiger partial charge in [0.1, 0.15) is 6.54 Å². The van der Waals surface area contributed by atoms with Crippen molar-refractivity contribution in [1.29, 1.82) is 0 Å². The Hall–Kier alpha value is -4.10. The molecule has 1 heterocycles. The van der Waals surface area contributed by atoms with E-state index in [9.17, 15) is 0 Å². The van der Waals surface area contributed by atoms with Crippen molar-refractivity contribution in [1.82, 2.24) is 14.7 Å². The molecule has 6 rings (SSSR count). The SMILES string of the molecule is c1ccc(COC[N+]2(Cc3ccccc3)CCN(Cc3ccccc3)CCN(Cc3ccccc3)CCN(Cc3ccccc3)CC2)cc1. The molecular formula is C44H53N4O+. The number of benzene rings is 5. The van der Waals surface area contributed by atoms with Crippen LogP contribution in [-0.2, 0) is 37.5 Å². The summed E-state index contributed by atoms with van der Waals surface area (Å²) in [6, 6.07) is 54.7. The Balaban J connectivity index is 1.29. The van der Waals surface area contributed by atoms with Gasteiger partial charge in [-0.1, -0.05) is 152 Å². The van der Waals surface area contributed by atoms with Crippen molar-refractivity contribution in [3.8, 4) is 0 Å². The molecule has 1 fully saturated rings. The highest BCUT2D eigenvalue weighted by atomic mass is 16.5. The van der Waals surface area contributed by atoms with Crippen LogP contribution >= 0.6 is 0 Å². The zero-order valence-corrected chi connectivity index (χ0v) is 29.0. The maximum atomic E-state index is 6.68. The number of ether oxygens (including phenoxy) is 1. The summed E-state index contributed by atoms with van der Waals surface area (Å²) in [4.78, 5) is 8.04. The van der Waals surface area contributed by atoms with Crippen LogP contribution in [0.4, 0.5) is 0 Å². The van der Waals surface area contributed by atoms with Gasteiger partial charge < -0.3 is 4.74 Å². The highest BCUT2D eigenvalue weighted by molar-refractivity contribution is 5.17. The highest BCUT2D eigenvalue weighted by Gasteiger charge is 2.31. The van der Waals surface area contributed by atoms with Crippen LogP contribution in [0.5, 0.6) is 0 Å². The lowest BCUT2D eigenvalue weighted by atomic mass is 10.1. The molecule has 1 saturated heterocycles. The molecule has 5 nitrogen and oxygen atoms in total. The lowest BCUT2D eigenvalue weighted by molar-refractivity contribution is -0.957. The van der Waals surface area contributed by atoms with Crippen molar-refractivity contribution in [3.05, 3.63) is 179 Å². The van der Waals surface area contributed by atoms with Crippen molar-refractivity contribution in [3.63, 3.8) is 0 Å². The van der Waals surface area contributed by atoms with E-state index in [0.717, 1.165) is 83.0 Å². The van der Waals surface area contributed by atoms with E-state index in [0.29, 0.717) is 13.3 Å². The van der Waals surface area contributed by atoms with Crippen molar-refractivity contribution < 1.29 is 9.22 Å². The Morgan fingerprint density at radius 3 is 1.10 bits per heavy atom. The van der Waals surface area contributed by atoms with Crippen LogP contribution < -0.4 is 0 Å². The Kier molecular flexibility index (Phi) is 13.2. The maximum absolute atomic E-state index is 6.68. The molecular weight excluding hydrogens is 601 g/mol. The van der Waals surface area contributed by atoms with E-state index in [1.807, 2.05) is 0 Å². The zero-order valence-electron chi connectivity index (χ0n) is 29.0. The third kappa shape index (κ3) is 11.5. The number of hydrogen-bond donors (Lipinski definition) is 0. The van der Waals surface area contributed by atoms with Gasteiger partial charge >= 0.3 is 0 Å². The Bertz CT molecular complexity index is 1540. The van der Waals surface area contributed by atoms with Gasteiger partial charge in [-0.25, -0.2) is 0 Å². The molecule has 0 aliphatic carbocycles. The van der Waals surface area contributed by atoms with Gasteiger partial charge in [0.05, 0.1) is 19.7 Å². The number of quaternary nitrogens is 1. The third-order valence-corrected chi connectivity index (χ3v) is 9.83. The normalized spacial score (nSPS) is 16.8. The van der Waals surface area contributed by atoms with Gasteiger partial charge in [-0.2, -0.15) is 0 Å². The minimum absolute atomic E-state index is 0.630. The van der Waals surface area contributed by atoms with Crippen molar-refractivity contribution in [2.75, 3.05) is 59.1 Å². The average Bonchev–Trinajstić information content (AvgIpc) is 3.15. The van der Waals surface area contributed by atoms with E-state index >= 15 is 0 Å². The molecule has 0 atom stereocenters. The first kappa shape index (κ1) is 34.8. The smallest absolute Gasteiger partial charge is 0.183 e. The lowest BCUT2D eigenvalue weighted by Gasteiger charge is -2.42. The maximum Gasteiger partial charge on any atom is 0.183 e. The van der Waals surface area contributed by atoms with Crippen LogP contribution in [0.3, 0.4) is 0 Å². The second-order valence-electron chi connectivity index (χ2n) is 13.7. The van der Waals surface area contributed by atoms with E-state index in [2.05, 4.69) is 166 Å². The molecule has 0 bridgehead atoms. The molecule has 0 radical (unpaired) electrons. The van der Waals surface area contributed by atoms with Gasteiger partial charge in [-0.3, -0.25) is 19.2 Å². The van der Waals surface area contributed by atoms with Gasteiger partial charge in [0, 0.05) is 64.5 Å². The number of rotatable bonds is 12. The first-order valence-electron chi connectivity index (χ1n) is 18.0. The lowest BCUT2D eigenvalue weighted by Crippen LogP contribution is -2.56. The number of hydrogen-bond acceptors (Lipinski definition) is 4. The number of nitrogens with zero attached hydrogens (tertiary/aromatic N) is 4. The first-order chi connectivity index (χ1) is 24.2. The van der Waals surface area contributed by atoms with Crippen molar-refractivity contribution in [2.24, 2.45) is 0 Å². The topological polar surface area (TPSA) is 19.0 Å². The molecule has 0 saturated carbocycles. The molecule has 1 aliphatic rings. The monoisotopic (exact) mass is 653 g/mol. The van der Waals surface area contributed by atoms with Gasteiger partial charge in [0.2, 0.25) is 0 Å². The molecule has 0 amide bonds. The predicted molar refractivity (Wildman–Crippen MR) is 201 cm³/mol. The zero-order chi connectivity index (χ0) is 33.4. The van der Waals surface area contributed by atoms with E-state index < -0.39 is 0 Å². The van der Waals surface area contributed by atoms with Gasteiger partial charge in [0.15, 0.2) is 6.73 Å². The summed E-state index contributed by atoms with van der Waals surface area (Å²) in [6.45, 7) is 13.3. The molecule has 0 N–H and O–H groups in total. The van der Waals surface area contributed by atoms with E-state index in [1.54, 1.807) is 0 Å². The van der Waals surface area contributed by atoms with Crippen molar-refractivity contribution in [2.45, 2.75) is 32.8 Å². The molecule has 49 heavy (non-hydrogen) atoms. The molecule has 1 aliphatic heterocycles. The fourth-order valence-corrected chi connectivity index (χ4v) is 6.95. The van der Waals surface area contributed by atoms with Crippen LogP contribution in [0.1, 0.15) is 27.8 Å². The van der Waals surface area contributed by atoms with Crippen molar-refractivity contribution >= 4 is 0 Å². The van der Waals surface area contributed by atoms with Crippen LogP contribution in [-0.4, -0.2) is 78.3 Å². The fourth-order valence-electron chi connectivity index (χ4n) is 6.95.